The molecule has 0 bridgehead atoms. The van der Waals surface area contributed by atoms with Crippen LogP contribution in [0, 0.1) is 28.6 Å². The molecule has 0 fully saturated rings. The van der Waals surface area contributed by atoms with Gasteiger partial charge >= 0.3 is 0 Å². The van der Waals surface area contributed by atoms with Gasteiger partial charge in [0.1, 0.15) is 0 Å². The molecule has 0 aliphatic heterocycles. The Bertz CT molecular complexity index is 178. The minimum atomic E-state index is 0.256. The van der Waals surface area contributed by atoms with Crippen molar-refractivity contribution in [3.05, 3.63) is 0 Å². The quantitative estimate of drug-likeness (QED) is 0.763. The van der Waals surface area contributed by atoms with Gasteiger partial charge in [0.25, 0.3) is 0 Å². The molecule has 0 aromatic carbocycles. The molecule has 0 aromatic heterocycles. The van der Waals surface area contributed by atoms with Crippen LogP contribution >= 0.6 is 0 Å². The van der Waals surface area contributed by atoms with Crippen LogP contribution in [0.1, 0.15) is 62.3 Å². The molecular weight excluding hydrogens is 194 g/mol. The van der Waals surface area contributed by atoms with Crippen LogP contribution in [0.25, 0.3) is 0 Å². The molecule has 0 amide bonds. The monoisotopic (exact) mass is 227 g/mol. The molecule has 0 saturated heterocycles. The normalized spacial score (nSPS) is 19.7. The molecule has 0 saturated carbocycles. The van der Waals surface area contributed by atoms with E-state index in [-0.39, 0.29) is 11.5 Å². The highest BCUT2D eigenvalue weighted by Gasteiger charge is 2.41. The molecule has 16 heavy (non-hydrogen) atoms. The zero-order valence-corrected chi connectivity index (χ0v) is 12.9. The van der Waals surface area contributed by atoms with E-state index in [1.165, 1.54) is 0 Å². The summed E-state index contributed by atoms with van der Waals surface area (Å²) in [6.45, 7) is 20.8. The van der Waals surface area contributed by atoms with E-state index in [4.69, 9.17) is 5.73 Å². The molecular formula is C15H33N. The molecule has 1 heteroatoms. The van der Waals surface area contributed by atoms with Crippen LogP contribution in [-0.2, 0) is 0 Å². The summed E-state index contributed by atoms with van der Waals surface area (Å²) in [5.74, 6) is 1.90. The van der Waals surface area contributed by atoms with E-state index < -0.39 is 0 Å². The van der Waals surface area contributed by atoms with Gasteiger partial charge in [-0.2, -0.15) is 0 Å². The fraction of sp³-hybridized carbons (Fsp3) is 1.00. The highest BCUT2D eigenvalue weighted by molar-refractivity contribution is 4.92. The van der Waals surface area contributed by atoms with E-state index in [0.717, 1.165) is 0 Å². The maximum atomic E-state index is 6.26. The van der Waals surface area contributed by atoms with Gasteiger partial charge in [0.2, 0.25) is 0 Å². The van der Waals surface area contributed by atoms with Crippen molar-refractivity contribution in [1.82, 2.24) is 0 Å². The summed E-state index contributed by atoms with van der Waals surface area (Å²) >= 11 is 0. The van der Waals surface area contributed by atoms with Gasteiger partial charge in [0.05, 0.1) is 0 Å². The summed E-state index contributed by atoms with van der Waals surface area (Å²) < 4.78 is 0. The Balaban J connectivity index is 5.30. The lowest BCUT2D eigenvalue weighted by Gasteiger charge is -2.48. The van der Waals surface area contributed by atoms with Crippen LogP contribution in [0.2, 0.25) is 0 Å². The van der Waals surface area contributed by atoms with Crippen molar-refractivity contribution in [1.29, 1.82) is 0 Å². The highest BCUT2D eigenvalue weighted by Crippen LogP contribution is 2.46. The topological polar surface area (TPSA) is 26.0 Å². The van der Waals surface area contributed by atoms with E-state index in [1.54, 1.807) is 0 Å². The van der Waals surface area contributed by atoms with Crippen LogP contribution in [0.4, 0.5) is 0 Å². The lowest BCUT2D eigenvalue weighted by atomic mass is 9.58. The fourth-order valence-electron chi connectivity index (χ4n) is 3.61. The van der Waals surface area contributed by atoms with Gasteiger partial charge in [-0.25, -0.2) is 0 Å². The van der Waals surface area contributed by atoms with Gasteiger partial charge in [0.15, 0.2) is 0 Å². The van der Waals surface area contributed by atoms with Crippen LogP contribution in [-0.4, -0.2) is 6.04 Å². The average Bonchev–Trinajstić information content (AvgIpc) is 1.92. The first-order chi connectivity index (χ1) is 6.89. The second-order valence-electron chi connectivity index (χ2n) is 7.89. The van der Waals surface area contributed by atoms with Crippen LogP contribution in [0.15, 0.2) is 0 Å². The van der Waals surface area contributed by atoms with E-state index >= 15 is 0 Å². The largest absolute Gasteiger partial charge is 0.328 e. The number of hydrogen-bond donors (Lipinski definition) is 1. The van der Waals surface area contributed by atoms with Gasteiger partial charge in [0, 0.05) is 6.04 Å². The van der Waals surface area contributed by atoms with E-state index in [0.29, 0.717) is 23.2 Å². The fourth-order valence-corrected chi connectivity index (χ4v) is 3.61. The zero-order chi connectivity index (χ0) is 13.3. The predicted molar refractivity (Wildman–Crippen MR) is 74.4 cm³/mol. The Hall–Kier alpha value is -0.0400. The lowest BCUT2D eigenvalue weighted by Crippen LogP contribution is -2.47. The minimum Gasteiger partial charge on any atom is -0.328 e. The first-order valence-corrected chi connectivity index (χ1v) is 6.64. The molecule has 1 nitrogen and oxygen atoms in total. The van der Waals surface area contributed by atoms with Crippen LogP contribution in [0.3, 0.4) is 0 Å². The Morgan fingerprint density at radius 1 is 0.688 bits per heavy atom. The summed E-state index contributed by atoms with van der Waals surface area (Å²) in [7, 11) is 0. The molecule has 2 N–H and O–H groups in total. The van der Waals surface area contributed by atoms with Gasteiger partial charge in [-0.1, -0.05) is 55.4 Å². The van der Waals surface area contributed by atoms with E-state index in [2.05, 4.69) is 62.3 Å². The van der Waals surface area contributed by atoms with Crippen molar-refractivity contribution < 1.29 is 0 Å². The molecule has 98 valence electrons. The highest BCUT2D eigenvalue weighted by atomic mass is 14.7. The third-order valence-corrected chi connectivity index (χ3v) is 3.67. The first kappa shape index (κ1) is 16.0. The second kappa shape index (κ2) is 5.08. The molecule has 3 atom stereocenters. The van der Waals surface area contributed by atoms with Crippen molar-refractivity contribution in [3.8, 4) is 0 Å². The number of hydrogen-bond acceptors (Lipinski definition) is 1. The van der Waals surface area contributed by atoms with E-state index in [9.17, 15) is 0 Å². The average molecular weight is 227 g/mol. The van der Waals surface area contributed by atoms with Crippen LogP contribution in [0.5, 0.6) is 0 Å². The number of nitrogens with two attached hydrogens (primary N) is 1. The number of rotatable bonds is 3. The molecule has 0 rings (SSSR count). The second-order valence-corrected chi connectivity index (χ2v) is 7.89. The summed E-state index contributed by atoms with van der Waals surface area (Å²) in [5.41, 5.74) is 6.85. The Morgan fingerprint density at radius 2 is 1.00 bits per heavy atom. The van der Waals surface area contributed by atoms with E-state index in [1.807, 2.05) is 0 Å². The van der Waals surface area contributed by atoms with Gasteiger partial charge in [-0.15, -0.1) is 0 Å². The Kier molecular flexibility index (Phi) is 5.07. The Labute approximate surface area is 103 Å². The summed E-state index contributed by atoms with van der Waals surface area (Å²) in [4.78, 5) is 0. The predicted octanol–water partition coefficient (Wildman–Crippen LogP) is 4.31. The van der Waals surface area contributed by atoms with Crippen molar-refractivity contribution in [2.24, 2.45) is 34.3 Å². The van der Waals surface area contributed by atoms with Gasteiger partial charge in [-0.05, 0) is 35.5 Å². The van der Waals surface area contributed by atoms with Crippen molar-refractivity contribution in [3.63, 3.8) is 0 Å². The smallest absolute Gasteiger partial charge is 0.00467 e. The van der Waals surface area contributed by atoms with Gasteiger partial charge in [-0.3, -0.25) is 0 Å². The molecule has 0 radical (unpaired) electrons. The van der Waals surface area contributed by atoms with Crippen molar-refractivity contribution in [2.45, 2.75) is 68.4 Å². The summed E-state index contributed by atoms with van der Waals surface area (Å²) in [5, 5.41) is 0. The zero-order valence-electron chi connectivity index (χ0n) is 12.9. The molecule has 0 aliphatic carbocycles. The Morgan fingerprint density at radius 3 is 1.06 bits per heavy atom. The third-order valence-electron chi connectivity index (χ3n) is 3.67. The van der Waals surface area contributed by atoms with Crippen molar-refractivity contribution in [2.75, 3.05) is 0 Å². The SMILES string of the molecule is CC(C)C(C(C(C)N)C(C)(C)C)C(C)(C)C. The molecule has 0 aliphatic rings. The summed E-state index contributed by atoms with van der Waals surface area (Å²) in [6, 6.07) is 0.256. The van der Waals surface area contributed by atoms with Gasteiger partial charge < -0.3 is 5.73 Å². The molecule has 0 aromatic rings. The maximum Gasteiger partial charge on any atom is 0.00467 e. The first-order valence-electron chi connectivity index (χ1n) is 6.64. The molecule has 0 spiro atoms. The standard InChI is InChI=1S/C15H33N/c1-10(2)12(14(4,5)6)13(11(3)16)15(7,8)9/h10-13H,16H2,1-9H3. The minimum absolute atomic E-state index is 0.256. The lowest BCUT2D eigenvalue weighted by molar-refractivity contribution is 0.0225. The van der Waals surface area contributed by atoms with Crippen molar-refractivity contribution >= 4 is 0 Å². The molecule has 0 heterocycles. The summed E-state index contributed by atoms with van der Waals surface area (Å²) in [6.07, 6.45) is 0. The maximum absolute atomic E-state index is 6.26. The van der Waals surface area contributed by atoms with Crippen LogP contribution < -0.4 is 5.73 Å². The third kappa shape index (κ3) is 4.08. The molecule has 3 unspecified atom stereocenters.